The summed E-state index contributed by atoms with van der Waals surface area (Å²) in [6.07, 6.45) is 0. The highest BCUT2D eigenvalue weighted by Gasteiger charge is 2.23. The zero-order valence-electron chi connectivity index (χ0n) is 10.9. The molecule has 0 fully saturated rings. The molecule has 1 heterocycles. The fraction of sp³-hybridized carbons (Fsp3) is 0.267. The molecule has 0 atom stereocenters. The van der Waals surface area contributed by atoms with Gasteiger partial charge in [-0.1, -0.05) is 32.0 Å². The van der Waals surface area contributed by atoms with E-state index in [9.17, 15) is 9.18 Å². The lowest BCUT2D eigenvalue weighted by molar-refractivity contribution is 0.0942. The molecule has 0 saturated heterocycles. The molecule has 4 heteroatoms. The van der Waals surface area contributed by atoms with Gasteiger partial charge in [-0.3, -0.25) is 4.79 Å². The molecule has 0 aliphatic heterocycles. The average molecular weight is 277 g/mol. The van der Waals surface area contributed by atoms with Gasteiger partial charge in [-0.15, -0.1) is 11.3 Å². The van der Waals surface area contributed by atoms with Crippen LogP contribution in [-0.4, -0.2) is 12.5 Å². The van der Waals surface area contributed by atoms with Crippen LogP contribution in [0.25, 0.3) is 0 Å². The zero-order chi connectivity index (χ0) is 13.9. The minimum atomic E-state index is -0.492. The summed E-state index contributed by atoms with van der Waals surface area (Å²) >= 11 is 1.66. The number of hydrogen-bond acceptors (Lipinski definition) is 2. The van der Waals surface area contributed by atoms with Gasteiger partial charge in [0, 0.05) is 16.8 Å². The normalized spacial score (nSPS) is 11.3. The largest absolute Gasteiger partial charge is 0.351 e. The first kappa shape index (κ1) is 13.7. The number of carbonyl (C=O) groups excluding carboxylic acids is 1. The van der Waals surface area contributed by atoms with Crippen LogP contribution in [0.2, 0.25) is 0 Å². The minimum absolute atomic E-state index is 0.0875. The molecule has 0 saturated carbocycles. The Morgan fingerprint density at radius 1 is 1.26 bits per heavy atom. The van der Waals surface area contributed by atoms with E-state index < -0.39 is 5.82 Å². The quantitative estimate of drug-likeness (QED) is 0.909. The number of halogens is 1. The lowest BCUT2D eigenvalue weighted by Gasteiger charge is -2.23. The molecule has 1 aromatic carbocycles. The fourth-order valence-corrected chi connectivity index (χ4v) is 2.64. The van der Waals surface area contributed by atoms with E-state index in [2.05, 4.69) is 19.2 Å². The van der Waals surface area contributed by atoms with Crippen molar-refractivity contribution in [3.63, 3.8) is 0 Å². The van der Waals surface area contributed by atoms with Crippen LogP contribution in [0.5, 0.6) is 0 Å². The first-order valence-electron chi connectivity index (χ1n) is 6.07. The number of rotatable bonds is 4. The Hall–Kier alpha value is -1.68. The third-order valence-electron chi connectivity index (χ3n) is 3.00. The Kier molecular flexibility index (Phi) is 4.00. The molecule has 0 unspecified atom stereocenters. The summed E-state index contributed by atoms with van der Waals surface area (Å²) in [7, 11) is 0. The van der Waals surface area contributed by atoms with Crippen LogP contribution in [0.3, 0.4) is 0 Å². The summed E-state index contributed by atoms with van der Waals surface area (Å²) in [5.41, 5.74) is -0.0702. The van der Waals surface area contributed by atoms with E-state index in [1.165, 1.54) is 17.0 Å². The Bertz CT molecular complexity index is 563. The number of nitrogens with one attached hydrogen (secondary N) is 1. The number of thiophene rings is 1. The predicted molar refractivity (Wildman–Crippen MR) is 76.1 cm³/mol. The van der Waals surface area contributed by atoms with E-state index in [1.807, 2.05) is 17.5 Å². The lowest BCUT2D eigenvalue weighted by atomic mass is 9.91. The summed E-state index contributed by atoms with van der Waals surface area (Å²) in [6.45, 7) is 4.58. The van der Waals surface area contributed by atoms with Crippen LogP contribution in [0, 0.1) is 5.82 Å². The van der Waals surface area contributed by atoms with Gasteiger partial charge in [-0.2, -0.15) is 0 Å². The first-order chi connectivity index (χ1) is 9.00. The minimum Gasteiger partial charge on any atom is -0.351 e. The molecule has 1 amide bonds. The zero-order valence-corrected chi connectivity index (χ0v) is 11.8. The maximum absolute atomic E-state index is 13.5. The van der Waals surface area contributed by atoms with E-state index in [-0.39, 0.29) is 16.9 Å². The SMILES string of the molecule is CC(C)(CNC(=O)c1ccccc1F)c1cccs1. The Labute approximate surface area is 116 Å². The van der Waals surface area contributed by atoms with Crippen molar-refractivity contribution in [1.82, 2.24) is 5.32 Å². The molecular weight excluding hydrogens is 261 g/mol. The Morgan fingerprint density at radius 3 is 2.63 bits per heavy atom. The van der Waals surface area contributed by atoms with Crippen molar-refractivity contribution in [3.05, 3.63) is 58.0 Å². The van der Waals surface area contributed by atoms with Crippen molar-refractivity contribution in [2.45, 2.75) is 19.3 Å². The molecule has 0 bridgehead atoms. The summed E-state index contributed by atoms with van der Waals surface area (Å²) in [5, 5.41) is 4.81. The Balaban J connectivity index is 2.03. The predicted octanol–water partition coefficient (Wildman–Crippen LogP) is 3.59. The van der Waals surface area contributed by atoms with Crippen LogP contribution in [0.15, 0.2) is 41.8 Å². The van der Waals surface area contributed by atoms with Crippen LogP contribution < -0.4 is 5.32 Å². The van der Waals surface area contributed by atoms with Crippen LogP contribution in [0.4, 0.5) is 4.39 Å². The fourth-order valence-electron chi connectivity index (χ4n) is 1.79. The molecular formula is C15H16FNOS. The molecule has 19 heavy (non-hydrogen) atoms. The van der Waals surface area contributed by atoms with Crippen LogP contribution in [-0.2, 0) is 5.41 Å². The van der Waals surface area contributed by atoms with Gasteiger partial charge in [0.15, 0.2) is 0 Å². The Morgan fingerprint density at radius 2 is 2.00 bits per heavy atom. The highest BCUT2D eigenvalue weighted by molar-refractivity contribution is 7.10. The van der Waals surface area contributed by atoms with Gasteiger partial charge in [-0.25, -0.2) is 4.39 Å². The summed E-state index contributed by atoms with van der Waals surface area (Å²) < 4.78 is 13.5. The van der Waals surface area contributed by atoms with Gasteiger partial charge >= 0.3 is 0 Å². The lowest BCUT2D eigenvalue weighted by Crippen LogP contribution is -2.36. The molecule has 0 radical (unpaired) electrons. The van der Waals surface area contributed by atoms with Crippen molar-refractivity contribution in [1.29, 1.82) is 0 Å². The standard InChI is InChI=1S/C15H16FNOS/c1-15(2,13-8-5-9-19-13)10-17-14(18)11-6-3-4-7-12(11)16/h3-9H,10H2,1-2H3,(H,17,18). The third-order valence-corrected chi connectivity index (χ3v) is 4.23. The van der Waals surface area contributed by atoms with E-state index in [4.69, 9.17) is 0 Å². The molecule has 0 spiro atoms. The van der Waals surface area contributed by atoms with Crippen molar-refractivity contribution in [3.8, 4) is 0 Å². The molecule has 1 N–H and O–H groups in total. The number of benzene rings is 1. The van der Waals surface area contributed by atoms with Crippen LogP contribution in [0.1, 0.15) is 29.1 Å². The van der Waals surface area contributed by atoms with Crippen molar-refractivity contribution in [2.75, 3.05) is 6.54 Å². The monoisotopic (exact) mass is 277 g/mol. The molecule has 2 nitrogen and oxygen atoms in total. The second-order valence-corrected chi connectivity index (χ2v) is 5.97. The maximum atomic E-state index is 13.5. The van der Waals surface area contributed by atoms with Gasteiger partial charge in [0.2, 0.25) is 0 Å². The topological polar surface area (TPSA) is 29.1 Å². The van der Waals surface area contributed by atoms with Gasteiger partial charge in [0.05, 0.1) is 5.56 Å². The van der Waals surface area contributed by atoms with Crippen LogP contribution >= 0.6 is 11.3 Å². The molecule has 2 rings (SSSR count). The van der Waals surface area contributed by atoms with E-state index >= 15 is 0 Å². The van der Waals surface area contributed by atoms with Crippen molar-refractivity contribution in [2.24, 2.45) is 0 Å². The van der Waals surface area contributed by atoms with Gasteiger partial charge in [0.1, 0.15) is 5.82 Å². The smallest absolute Gasteiger partial charge is 0.254 e. The van der Waals surface area contributed by atoms with E-state index in [0.717, 1.165) is 0 Å². The second kappa shape index (κ2) is 5.53. The molecule has 100 valence electrons. The highest BCUT2D eigenvalue weighted by Crippen LogP contribution is 2.26. The third kappa shape index (κ3) is 3.20. The molecule has 1 aromatic heterocycles. The van der Waals surface area contributed by atoms with Crippen molar-refractivity contribution >= 4 is 17.2 Å². The van der Waals surface area contributed by atoms with Crippen molar-refractivity contribution < 1.29 is 9.18 Å². The van der Waals surface area contributed by atoms with E-state index in [1.54, 1.807) is 23.5 Å². The first-order valence-corrected chi connectivity index (χ1v) is 6.95. The second-order valence-electron chi connectivity index (χ2n) is 5.02. The highest BCUT2D eigenvalue weighted by atomic mass is 32.1. The molecule has 0 aliphatic carbocycles. The number of carbonyl (C=O) groups is 1. The average Bonchev–Trinajstić information content (AvgIpc) is 2.91. The molecule has 0 aliphatic rings. The molecule has 2 aromatic rings. The summed E-state index contributed by atoms with van der Waals surface area (Å²) in [4.78, 5) is 13.1. The number of amides is 1. The number of hydrogen-bond donors (Lipinski definition) is 1. The summed E-state index contributed by atoms with van der Waals surface area (Å²) in [6, 6.07) is 10.0. The van der Waals surface area contributed by atoms with Gasteiger partial charge in [0.25, 0.3) is 5.91 Å². The maximum Gasteiger partial charge on any atom is 0.254 e. The van der Waals surface area contributed by atoms with E-state index in [0.29, 0.717) is 6.54 Å². The van der Waals surface area contributed by atoms with Gasteiger partial charge < -0.3 is 5.32 Å². The summed E-state index contributed by atoms with van der Waals surface area (Å²) in [5.74, 6) is -0.864. The van der Waals surface area contributed by atoms with Gasteiger partial charge in [-0.05, 0) is 23.6 Å².